The molecule has 0 bridgehead atoms. The van der Waals surface area contributed by atoms with Crippen molar-refractivity contribution in [3.8, 4) is 5.75 Å². The molecule has 1 aliphatic heterocycles. The highest BCUT2D eigenvalue weighted by atomic mass is 35.5. The number of rotatable bonds is 4. The second kappa shape index (κ2) is 6.33. The molecule has 1 aliphatic carbocycles. The van der Waals surface area contributed by atoms with Crippen molar-refractivity contribution in [3.63, 3.8) is 0 Å². The molecule has 1 fully saturated rings. The van der Waals surface area contributed by atoms with Gasteiger partial charge in [-0.3, -0.25) is 0 Å². The van der Waals surface area contributed by atoms with Crippen molar-refractivity contribution in [1.82, 2.24) is 5.32 Å². The van der Waals surface area contributed by atoms with Gasteiger partial charge in [0.15, 0.2) is 0 Å². The van der Waals surface area contributed by atoms with E-state index in [0.29, 0.717) is 5.92 Å². The molecule has 0 spiro atoms. The molecule has 0 saturated heterocycles. The van der Waals surface area contributed by atoms with Gasteiger partial charge in [0.1, 0.15) is 5.75 Å². The summed E-state index contributed by atoms with van der Waals surface area (Å²) in [5, 5.41) is 14.2. The highest BCUT2D eigenvalue weighted by Crippen LogP contribution is 2.33. The number of nitrogens with one attached hydrogen (secondary N) is 1. The van der Waals surface area contributed by atoms with Gasteiger partial charge in [0.2, 0.25) is 0 Å². The van der Waals surface area contributed by atoms with E-state index >= 15 is 0 Å². The molecule has 2 atom stereocenters. The van der Waals surface area contributed by atoms with Crippen molar-refractivity contribution in [2.24, 2.45) is 5.92 Å². The number of benzene rings is 1. The molecule has 2 N–H and O–H groups in total. The van der Waals surface area contributed by atoms with Crippen LogP contribution in [0.3, 0.4) is 0 Å². The van der Waals surface area contributed by atoms with Crippen LogP contribution in [0.5, 0.6) is 5.75 Å². The van der Waals surface area contributed by atoms with E-state index in [2.05, 4.69) is 5.32 Å². The molecule has 1 saturated carbocycles. The summed E-state index contributed by atoms with van der Waals surface area (Å²) in [6.07, 6.45) is 5.27. The van der Waals surface area contributed by atoms with Crippen LogP contribution in [0.15, 0.2) is 12.1 Å². The quantitative estimate of drug-likeness (QED) is 0.897. The van der Waals surface area contributed by atoms with Crippen LogP contribution in [0, 0.1) is 5.92 Å². The first-order valence-electron chi connectivity index (χ1n) is 7.57. The monoisotopic (exact) mass is 295 g/mol. The lowest BCUT2D eigenvalue weighted by Crippen LogP contribution is -2.33. The van der Waals surface area contributed by atoms with E-state index in [1.54, 1.807) is 0 Å². The second-order valence-corrected chi connectivity index (χ2v) is 6.33. The van der Waals surface area contributed by atoms with E-state index in [0.717, 1.165) is 61.7 Å². The van der Waals surface area contributed by atoms with Gasteiger partial charge in [-0.05, 0) is 36.5 Å². The average Bonchev–Trinajstić information content (AvgIpc) is 2.89. The Balaban J connectivity index is 1.59. The molecule has 0 aromatic heterocycles. The zero-order valence-electron chi connectivity index (χ0n) is 11.7. The Hall–Kier alpha value is -0.770. The summed E-state index contributed by atoms with van der Waals surface area (Å²) in [5.41, 5.74) is 2.35. The molecule has 1 aromatic rings. The molecule has 4 heteroatoms. The highest BCUT2D eigenvalue weighted by Gasteiger charge is 2.23. The first kappa shape index (κ1) is 14.2. The van der Waals surface area contributed by atoms with Crippen LogP contribution < -0.4 is 10.1 Å². The number of halogens is 1. The van der Waals surface area contributed by atoms with Crippen LogP contribution in [-0.2, 0) is 13.0 Å². The lowest BCUT2D eigenvalue weighted by Gasteiger charge is -2.27. The highest BCUT2D eigenvalue weighted by molar-refractivity contribution is 6.30. The maximum Gasteiger partial charge on any atom is 0.127 e. The zero-order chi connectivity index (χ0) is 13.9. The van der Waals surface area contributed by atoms with Gasteiger partial charge in [-0.1, -0.05) is 24.4 Å². The molecule has 0 radical (unpaired) electrons. The fraction of sp³-hybridized carbons (Fsp3) is 0.625. The SMILES string of the molecule is OC1CCCCC1CNCc1cc(Cl)cc2c1OCC2. The minimum atomic E-state index is -0.141. The summed E-state index contributed by atoms with van der Waals surface area (Å²) in [4.78, 5) is 0. The standard InChI is InChI=1S/C16H22ClNO2/c17-14-7-11-5-6-20-16(11)13(8-14)10-18-9-12-3-1-2-4-15(12)19/h7-8,12,15,18-19H,1-6,9-10H2. The Morgan fingerprint density at radius 3 is 3.00 bits per heavy atom. The minimum absolute atomic E-state index is 0.141. The van der Waals surface area contributed by atoms with E-state index in [-0.39, 0.29) is 6.10 Å². The van der Waals surface area contributed by atoms with Gasteiger partial charge in [-0.25, -0.2) is 0 Å². The lowest BCUT2D eigenvalue weighted by atomic mass is 9.86. The molecule has 110 valence electrons. The smallest absolute Gasteiger partial charge is 0.127 e. The predicted octanol–water partition coefficient (Wildman–Crippen LogP) is 2.92. The number of hydrogen-bond acceptors (Lipinski definition) is 3. The number of aliphatic hydroxyl groups is 1. The van der Waals surface area contributed by atoms with Crippen LogP contribution in [0.4, 0.5) is 0 Å². The van der Waals surface area contributed by atoms with Crippen molar-refractivity contribution in [3.05, 3.63) is 28.3 Å². The van der Waals surface area contributed by atoms with Crippen molar-refractivity contribution in [1.29, 1.82) is 0 Å². The normalized spacial score (nSPS) is 25.3. The molecule has 3 nitrogen and oxygen atoms in total. The Bertz CT molecular complexity index is 478. The summed E-state index contributed by atoms with van der Waals surface area (Å²) in [7, 11) is 0. The first-order valence-corrected chi connectivity index (χ1v) is 7.94. The van der Waals surface area contributed by atoms with Crippen LogP contribution in [-0.4, -0.2) is 24.4 Å². The number of fused-ring (bicyclic) bond motifs is 1. The molecule has 3 rings (SSSR count). The molecule has 0 amide bonds. The van der Waals surface area contributed by atoms with Gasteiger partial charge < -0.3 is 15.2 Å². The first-order chi connectivity index (χ1) is 9.74. The summed E-state index contributed by atoms with van der Waals surface area (Å²) in [6, 6.07) is 3.98. The van der Waals surface area contributed by atoms with Crippen molar-refractivity contribution < 1.29 is 9.84 Å². The maximum absolute atomic E-state index is 9.98. The molecular weight excluding hydrogens is 274 g/mol. The van der Waals surface area contributed by atoms with Gasteiger partial charge in [0.05, 0.1) is 12.7 Å². The topological polar surface area (TPSA) is 41.5 Å². The van der Waals surface area contributed by atoms with E-state index in [4.69, 9.17) is 16.3 Å². The van der Waals surface area contributed by atoms with E-state index in [1.165, 1.54) is 12.0 Å². The van der Waals surface area contributed by atoms with Gasteiger partial charge in [0, 0.05) is 30.1 Å². The number of aliphatic hydroxyl groups excluding tert-OH is 1. The molecule has 20 heavy (non-hydrogen) atoms. The van der Waals surface area contributed by atoms with Crippen molar-refractivity contribution in [2.45, 2.75) is 44.8 Å². The third kappa shape index (κ3) is 3.11. The lowest BCUT2D eigenvalue weighted by molar-refractivity contribution is 0.0695. The van der Waals surface area contributed by atoms with Gasteiger partial charge >= 0.3 is 0 Å². The van der Waals surface area contributed by atoms with Gasteiger partial charge in [0.25, 0.3) is 0 Å². The Morgan fingerprint density at radius 1 is 1.30 bits per heavy atom. The molecular formula is C16H22ClNO2. The van der Waals surface area contributed by atoms with Gasteiger partial charge in [-0.2, -0.15) is 0 Å². The van der Waals surface area contributed by atoms with Crippen LogP contribution in [0.2, 0.25) is 5.02 Å². The zero-order valence-corrected chi connectivity index (χ0v) is 12.5. The second-order valence-electron chi connectivity index (χ2n) is 5.89. The number of hydrogen-bond donors (Lipinski definition) is 2. The third-order valence-corrected chi connectivity index (χ3v) is 4.63. The van der Waals surface area contributed by atoms with Crippen LogP contribution >= 0.6 is 11.6 Å². The maximum atomic E-state index is 9.98. The van der Waals surface area contributed by atoms with Crippen molar-refractivity contribution in [2.75, 3.05) is 13.2 Å². The van der Waals surface area contributed by atoms with Crippen molar-refractivity contribution >= 4 is 11.6 Å². The summed E-state index contributed by atoms with van der Waals surface area (Å²) in [5.74, 6) is 1.39. The molecule has 1 heterocycles. The molecule has 2 unspecified atom stereocenters. The molecule has 1 aromatic carbocycles. The Kier molecular flexibility index (Phi) is 4.49. The fourth-order valence-corrected chi connectivity index (χ4v) is 3.56. The predicted molar refractivity (Wildman–Crippen MR) is 80.3 cm³/mol. The summed E-state index contributed by atoms with van der Waals surface area (Å²) >= 11 is 6.16. The Morgan fingerprint density at radius 2 is 2.15 bits per heavy atom. The van der Waals surface area contributed by atoms with Gasteiger partial charge in [-0.15, -0.1) is 0 Å². The fourth-order valence-electron chi connectivity index (χ4n) is 3.30. The van der Waals surface area contributed by atoms with Crippen LogP contribution in [0.25, 0.3) is 0 Å². The number of ether oxygens (including phenoxy) is 1. The van der Waals surface area contributed by atoms with E-state index in [9.17, 15) is 5.11 Å². The average molecular weight is 296 g/mol. The van der Waals surface area contributed by atoms with E-state index in [1.807, 2.05) is 12.1 Å². The van der Waals surface area contributed by atoms with E-state index < -0.39 is 0 Å². The van der Waals surface area contributed by atoms with Crippen LogP contribution in [0.1, 0.15) is 36.8 Å². The third-order valence-electron chi connectivity index (χ3n) is 4.42. The summed E-state index contributed by atoms with van der Waals surface area (Å²) < 4.78 is 5.70. The summed E-state index contributed by atoms with van der Waals surface area (Å²) in [6.45, 7) is 2.37. The largest absolute Gasteiger partial charge is 0.493 e. The minimum Gasteiger partial charge on any atom is -0.493 e. The Labute approximate surface area is 125 Å². The molecule has 2 aliphatic rings.